The zero-order chi connectivity index (χ0) is 21.0. The summed E-state index contributed by atoms with van der Waals surface area (Å²) in [4.78, 5) is 12.3. The van der Waals surface area contributed by atoms with Crippen molar-refractivity contribution in [2.45, 2.75) is 45.1 Å². The standard InChI is InChI=1S/C22H27FN2O3S/c1-16(18-9-8-17-5-3-6-19(17)15-18)24-22(26)7-4-14-25(29(2,27)28)21-12-10-20(23)11-13-21/h8-13,15-16H,3-7,14H2,1-2H3,(H,24,26). The lowest BCUT2D eigenvalue weighted by Gasteiger charge is -2.22. The van der Waals surface area contributed by atoms with Gasteiger partial charge in [0.2, 0.25) is 15.9 Å². The van der Waals surface area contributed by atoms with E-state index in [-0.39, 0.29) is 24.9 Å². The van der Waals surface area contributed by atoms with Crippen LogP contribution in [0, 0.1) is 5.82 Å². The van der Waals surface area contributed by atoms with Gasteiger partial charge in [-0.05, 0) is 73.6 Å². The first kappa shape index (κ1) is 21.3. The minimum Gasteiger partial charge on any atom is -0.350 e. The molecule has 0 aromatic heterocycles. The van der Waals surface area contributed by atoms with Gasteiger partial charge in [0.1, 0.15) is 5.82 Å². The van der Waals surface area contributed by atoms with Crippen molar-refractivity contribution >= 4 is 21.6 Å². The van der Waals surface area contributed by atoms with Gasteiger partial charge in [-0.3, -0.25) is 9.10 Å². The average molecular weight is 419 g/mol. The van der Waals surface area contributed by atoms with Crippen LogP contribution >= 0.6 is 0 Å². The van der Waals surface area contributed by atoms with Crippen molar-refractivity contribution in [2.24, 2.45) is 0 Å². The molecule has 0 fully saturated rings. The van der Waals surface area contributed by atoms with Crippen LogP contribution in [0.1, 0.15) is 48.9 Å². The summed E-state index contributed by atoms with van der Waals surface area (Å²) in [6.45, 7) is 2.11. The van der Waals surface area contributed by atoms with E-state index < -0.39 is 15.8 Å². The van der Waals surface area contributed by atoms with Crippen LogP contribution in [0.5, 0.6) is 0 Å². The fourth-order valence-corrected chi connectivity index (χ4v) is 4.70. The van der Waals surface area contributed by atoms with Crippen LogP contribution < -0.4 is 9.62 Å². The first-order valence-corrected chi connectivity index (χ1v) is 11.7. The molecule has 2 aromatic rings. The SMILES string of the molecule is CC(NC(=O)CCCN(c1ccc(F)cc1)S(C)(=O)=O)c1ccc2c(c1)CCC2. The molecule has 0 spiro atoms. The normalized spacial score (nSPS) is 14.3. The molecule has 3 rings (SSSR count). The third kappa shape index (κ3) is 5.56. The van der Waals surface area contributed by atoms with E-state index >= 15 is 0 Å². The van der Waals surface area contributed by atoms with Gasteiger partial charge in [-0.15, -0.1) is 0 Å². The lowest BCUT2D eigenvalue weighted by Crippen LogP contribution is -2.32. The second-order valence-corrected chi connectivity index (χ2v) is 9.49. The maximum Gasteiger partial charge on any atom is 0.232 e. The smallest absolute Gasteiger partial charge is 0.232 e. The molecule has 0 radical (unpaired) electrons. The molecule has 1 N–H and O–H groups in total. The van der Waals surface area contributed by atoms with Crippen LogP contribution in [0.4, 0.5) is 10.1 Å². The van der Waals surface area contributed by atoms with Gasteiger partial charge in [-0.2, -0.15) is 0 Å². The Kier molecular flexibility index (Phi) is 6.57. The maximum atomic E-state index is 13.1. The number of benzene rings is 2. The number of nitrogens with one attached hydrogen (secondary N) is 1. The number of carbonyl (C=O) groups excluding carboxylic acids is 1. The summed E-state index contributed by atoms with van der Waals surface area (Å²) < 4.78 is 38.5. The van der Waals surface area contributed by atoms with Crippen molar-refractivity contribution < 1.29 is 17.6 Å². The minimum atomic E-state index is -3.52. The van der Waals surface area contributed by atoms with Gasteiger partial charge >= 0.3 is 0 Å². The van der Waals surface area contributed by atoms with E-state index in [1.165, 1.54) is 46.1 Å². The lowest BCUT2D eigenvalue weighted by atomic mass is 10.0. The predicted octanol–water partition coefficient (Wildman–Crippen LogP) is 3.74. The molecular formula is C22H27FN2O3S. The van der Waals surface area contributed by atoms with E-state index in [9.17, 15) is 17.6 Å². The average Bonchev–Trinajstić information content (AvgIpc) is 3.13. The van der Waals surface area contributed by atoms with Crippen LogP contribution in [0.2, 0.25) is 0 Å². The van der Waals surface area contributed by atoms with Crippen molar-refractivity contribution in [1.82, 2.24) is 5.32 Å². The second-order valence-electron chi connectivity index (χ2n) is 7.59. The fraction of sp³-hybridized carbons (Fsp3) is 0.409. The Morgan fingerprint density at radius 2 is 1.83 bits per heavy atom. The number of aryl methyl sites for hydroxylation is 2. The van der Waals surface area contributed by atoms with E-state index in [0.29, 0.717) is 12.1 Å². The van der Waals surface area contributed by atoms with E-state index in [2.05, 4.69) is 23.5 Å². The number of carbonyl (C=O) groups is 1. The van der Waals surface area contributed by atoms with Gasteiger partial charge in [0.25, 0.3) is 0 Å². The van der Waals surface area contributed by atoms with Gasteiger partial charge < -0.3 is 5.32 Å². The Morgan fingerprint density at radius 1 is 1.14 bits per heavy atom. The summed E-state index contributed by atoms with van der Waals surface area (Å²) in [5.74, 6) is -0.548. The molecule has 156 valence electrons. The quantitative estimate of drug-likeness (QED) is 0.710. The van der Waals surface area contributed by atoms with Crippen LogP contribution in [0.15, 0.2) is 42.5 Å². The van der Waals surface area contributed by atoms with Crippen LogP contribution in [-0.4, -0.2) is 27.1 Å². The molecule has 0 bridgehead atoms. The first-order valence-electron chi connectivity index (χ1n) is 9.88. The Hall–Kier alpha value is -2.41. The number of fused-ring (bicyclic) bond motifs is 1. The van der Waals surface area contributed by atoms with Gasteiger partial charge in [-0.25, -0.2) is 12.8 Å². The summed E-state index contributed by atoms with van der Waals surface area (Å²) in [6, 6.07) is 11.6. The molecule has 7 heteroatoms. The molecule has 0 saturated heterocycles. The number of nitrogens with zero attached hydrogens (tertiary/aromatic N) is 1. The van der Waals surface area contributed by atoms with Gasteiger partial charge in [-0.1, -0.05) is 18.2 Å². The van der Waals surface area contributed by atoms with E-state index in [4.69, 9.17) is 0 Å². The summed E-state index contributed by atoms with van der Waals surface area (Å²) >= 11 is 0. The largest absolute Gasteiger partial charge is 0.350 e. The van der Waals surface area contributed by atoms with Crippen LogP contribution in [0.25, 0.3) is 0 Å². The summed E-state index contributed by atoms with van der Waals surface area (Å²) in [5.41, 5.74) is 4.24. The van der Waals surface area contributed by atoms with E-state index in [1.807, 2.05) is 6.92 Å². The number of hydrogen-bond donors (Lipinski definition) is 1. The summed E-state index contributed by atoms with van der Waals surface area (Å²) in [6.07, 6.45) is 5.09. The van der Waals surface area contributed by atoms with Crippen molar-refractivity contribution in [2.75, 3.05) is 17.1 Å². The number of halogens is 1. The second kappa shape index (κ2) is 8.95. The molecule has 1 unspecified atom stereocenters. The molecule has 1 aliphatic carbocycles. The highest BCUT2D eigenvalue weighted by Crippen LogP contribution is 2.25. The molecule has 0 aliphatic heterocycles. The van der Waals surface area contributed by atoms with Crippen molar-refractivity contribution in [3.05, 3.63) is 65.0 Å². The molecule has 0 heterocycles. The summed E-state index contributed by atoms with van der Waals surface area (Å²) in [5, 5.41) is 2.99. The highest BCUT2D eigenvalue weighted by molar-refractivity contribution is 7.92. The highest BCUT2D eigenvalue weighted by Gasteiger charge is 2.19. The Bertz CT molecular complexity index is 974. The number of sulfonamides is 1. The zero-order valence-corrected chi connectivity index (χ0v) is 17.6. The Morgan fingerprint density at radius 3 is 2.52 bits per heavy atom. The van der Waals surface area contributed by atoms with Crippen LogP contribution in [0.3, 0.4) is 0 Å². The summed E-state index contributed by atoms with van der Waals surface area (Å²) in [7, 11) is -3.52. The number of amides is 1. The van der Waals surface area contributed by atoms with Gasteiger partial charge in [0.15, 0.2) is 0 Å². The topological polar surface area (TPSA) is 66.5 Å². The predicted molar refractivity (Wildman–Crippen MR) is 113 cm³/mol. The maximum absolute atomic E-state index is 13.1. The molecule has 5 nitrogen and oxygen atoms in total. The molecule has 1 aliphatic rings. The highest BCUT2D eigenvalue weighted by atomic mass is 32.2. The van der Waals surface area contributed by atoms with Crippen molar-refractivity contribution in [3.63, 3.8) is 0 Å². The molecule has 29 heavy (non-hydrogen) atoms. The van der Waals surface area contributed by atoms with Crippen molar-refractivity contribution in [1.29, 1.82) is 0 Å². The third-order valence-corrected chi connectivity index (χ3v) is 6.47. The zero-order valence-electron chi connectivity index (χ0n) is 16.8. The number of rotatable bonds is 8. The van der Waals surface area contributed by atoms with Gasteiger partial charge in [0.05, 0.1) is 18.0 Å². The third-order valence-electron chi connectivity index (χ3n) is 5.28. The molecule has 2 aromatic carbocycles. The van der Waals surface area contributed by atoms with E-state index in [0.717, 1.165) is 24.7 Å². The molecule has 1 amide bonds. The first-order chi connectivity index (χ1) is 13.7. The van der Waals surface area contributed by atoms with E-state index in [1.54, 1.807) is 0 Å². The van der Waals surface area contributed by atoms with Crippen LogP contribution in [-0.2, 0) is 27.7 Å². The monoisotopic (exact) mass is 418 g/mol. The molecule has 1 atom stereocenters. The Labute approximate surface area is 172 Å². The minimum absolute atomic E-state index is 0.100. The molecule has 0 saturated carbocycles. The fourth-order valence-electron chi connectivity index (χ4n) is 3.74. The number of anilines is 1. The Balaban J connectivity index is 1.54. The lowest BCUT2D eigenvalue weighted by molar-refractivity contribution is -0.121. The van der Waals surface area contributed by atoms with Crippen molar-refractivity contribution in [3.8, 4) is 0 Å². The molecular weight excluding hydrogens is 391 g/mol. The number of hydrogen-bond acceptors (Lipinski definition) is 3. The van der Waals surface area contributed by atoms with Gasteiger partial charge in [0, 0.05) is 13.0 Å².